The van der Waals surface area contributed by atoms with E-state index < -0.39 is 5.91 Å². The first-order valence-corrected chi connectivity index (χ1v) is 8.43. The molecule has 0 atom stereocenters. The molecule has 1 heterocycles. The Balaban J connectivity index is 1.76. The van der Waals surface area contributed by atoms with Gasteiger partial charge in [0.15, 0.2) is 0 Å². The lowest BCUT2D eigenvalue weighted by atomic mass is 10.1. The number of hydrogen-bond donors (Lipinski definition) is 3. The molecule has 132 valence electrons. The Labute approximate surface area is 155 Å². The second kappa shape index (κ2) is 7.84. The number of aromatic hydroxyl groups is 1. The van der Waals surface area contributed by atoms with Gasteiger partial charge in [-0.2, -0.15) is 10.2 Å². The molecule has 7 heteroatoms. The number of hydrogen-bond acceptors (Lipinski definition) is 4. The fraction of sp³-hybridized carbons (Fsp3) is 0.105. The molecule has 0 spiro atoms. The highest BCUT2D eigenvalue weighted by Crippen LogP contribution is 2.26. The molecule has 1 amide bonds. The average molecular weight is 369 g/mol. The number of benzene rings is 2. The van der Waals surface area contributed by atoms with E-state index in [9.17, 15) is 9.90 Å². The molecule has 6 nitrogen and oxygen atoms in total. The highest BCUT2D eigenvalue weighted by Gasteiger charge is 2.12. The number of phenols is 1. The zero-order valence-corrected chi connectivity index (χ0v) is 14.8. The van der Waals surface area contributed by atoms with Crippen molar-refractivity contribution in [2.45, 2.75) is 13.3 Å². The second-order valence-electron chi connectivity index (χ2n) is 5.55. The van der Waals surface area contributed by atoms with Crippen LogP contribution < -0.4 is 5.43 Å². The molecule has 3 N–H and O–H groups in total. The van der Waals surface area contributed by atoms with Crippen LogP contribution in [0.25, 0.3) is 11.3 Å². The van der Waals surface area contributed by atoms with Crippen LogP contribution in [0.3, 0.4) is 0 Å². The lowest BCUT2D eigenvalue weighted by Crippen LogP contribution is -2.20. The number of amides is 1. The largest absolute Gasteiger partial charge is 0.508 e. The van der Waals surface area contributed by atoms with Gasteiger partial charge in [0.1, 0.15) is 11.4 Å². The van der Waals surface area contributed by atoms with Crippen LogP contribution in [0.2, 0.25) is 5.02 Å². The molecule has 26 heavy (non-hydrogen) atoms. The smallest absolute Gasteiger partial charge is 0.289 e. The van der Waals surface area contributed by atoms with Crippen molar-refractivity contribution >= 4 is 23.2 Å². The van der Waals surface area contributed by atoms with Crippen LogP contribution in [0.15, 0.2) is 59.7 Å². The molecule has 0 saturated carbocycles. The van der Waals surface area contributed by atoms with Crippen LogP contribution >= 0.6 is 11.6 Å². The van der Waals surface area contributed by atoms with Crippen molar-refractivity contribution in [3.63, 3.8) is 0 Å². The van der Waals surface area contributed by atoms with E-state index in [0.29, 0.717) is 22.8 Å². The lowest BCUT2D eigenvalue weighted by Gasteiger charge is -2.04. The molecule has 3 rings (SSSR count). The normalized spacial score (nSPS) is 11.4. The van der Waals surface area contributed by atoms with Crippen LogP contribution in [0.1, 0.15) is 29.4 Å². The highest BCUT2D eigenvalue weighted by atomic mass is 35.5. The summed E-state index contributed by atoms with van der Waals surface area (Å²) in [5.74, 6) is -0.224. The molecule has 0 bridgehead atoms. The number of nitrogens with one attached hydrogen (secondary N) is 2. The molecule has 0 unspecified atom stereocenters. The van der Waals surface area contributed by atoms with Gasteiger partial charge >= 0.3 is 0 Å². The van der Waals surface area contributed by atoms with E-state index in [4.69, 9.17) is 11.6 Å². The molecule has 0 aliphatic heterocycles. The van der Waals surface area contributed by atoms with E-state index in [0.717, 1.165) is 11.1 Å². The van der Waals surface area contributed by atoms with E-state index in [1.165, 1.54) is 0 Å². The molecule has 1 aromatic heterocycles. The minimum atomic E-state index is -0.402. The summed E-state index contributed by atoms with van der Waals surface area (Å²) in [5, 5.41) is 20.9. The minimum Gasteiger partial charge on any atom is -0.508 e. The Hall–Kier alpha value is -3.12. The van der Waals surface area contributed by atoms with Crippen molar-refractivity contribution in [1.82, 2.24) is 15.6 Å². The van der Waals surface area contributed by atoms with E-state index in [2.05, 4.69) is 20.7 Å². The number of phenolic OH excluding ortho intramolecular Hbond substituents is 1. The summed E-state index contributed by atoms with van der Waals surface area (Å²) < 4.78 is 0. The fourth-order valence-electron chi connectivity index (χ4n) is 2.42. The quantitative estimate of drug-likeness (QED) is 0.470. The fourth-order valence-corrected chi connectivity index (χ4v) is 2.66. The number of aromatic amines is 1. The summed E-state index contributed by atoms with van der Waals surface area (Å²) in [6.45, 7) is 1.93. The topological polar surface area (TPSA) is 90.4 Å². The second-order valence-corrected chi connectivity index (χ2v) is 5.95. The molecule has 0 fully saturated rings. The van der Waals surface area contributed by atoms with Crippen LogP contribution in [0.4, 0.5) is 0 Å². The summed E-state index contributed by atoms with van der Waals surface area (Å²) in [5.41, 5.74) is 5.66. The van der Waals surface area contributed by atoms with Crippen LogP contribution in [-0.4, -0.2) is 26.9 Å². The van der Waals surface area contributed by atoms with E-state index in [-0.39, 0.29) is 11.4 Å². The number of nitrogens with zero attached hydrogens (tertiary/aromatic N) is 2. The zero-order chi connectivity index (χ0) is 18.5. The van der Waals surface area contributed by atoms with Crippen molar-refractivity contribution in [1.29, 1.82) is 0 Å². The number of hydrazone groups is 1. The van der Waals surface area contributed by atoms with Gasteiger partial charge < -0.3 is 5.11 Å². The predicted molar refractivity (Wildman–Crippen MR) is 101 cm³/mol. The number of carbonyl (C=O) groups excluding carboxylic acids is 1. The van der Waals surface area contributed by atoms with E-state index in [1.807, 2.05) is 25.1 Å². The first kappa shape index (κ1) is 17.7. The van der Waals surface area contributed by atoms with Gasteiger partial charge in [0.2, 0.25) is 0 Å². The Morgan fingerprint density at radius 1 is 1.23 bits per heavy atom. The van der Waals surface area contributed by atoms with Crippen LogP contribution in [0.5, 0.6) is 5.75 Å². The third-order valence-corrected chi connectivity index (χ3v) is 4.13. The third kappa shape index (κ3) is 3.92. The monoisotopic (exact) mass is 368 g/mol. The minimum absolute atomic E-state index is 0.179. The van der Waals surface area contributed by atoms with E-state index in [1.54, 1.807) is 36.4 Å². The zero-order valence-electron chi connectivity index (χ0n) is 14.0. The maximum atomic E-state index is 12.3. The van der Waals surface area contributed by atoms with Crippen molar-refractivity contribution in [2.75, 3.05) is 0 Å². The van der Waals surface area contributed by atoms with Crippen molar-refractivity contribution in [2.24, 2.45) is 5.10 Å². The summed E-state index contributed by atoms with van der Waals surface area (Å²) in [7, 11) is 0. The third-order valence-electron chi connectivity index (χ3n) is 3.80. The molecule has 2 aromatic carbocycles. The lowest BCUT2D eigenvalue weighted by molar-refractivity contribution is 0.0950. The van der Waals surface area contributed by atoms with Crippen LogP contribution in [0, 0.1) is 0 Å². The van der Waals surface area contributed by atoms with Gasteiger partial charge in [-0.3, -0.25) is 9.89 Å². The van der Waals surface area contributed by atoms with Gasteiger partial charge in [0, 0.05) is 5.56 Å². The van der Waals surface area contributed by atoms with Gasteiger partial charge in [0.05, 0.1) is 16.4 Å². The molecular weight excluding hydrogens is 352 g/mol. The number of halogens is 1. The predicted octanol–water partition coefficient (Wildman–Crippen LogP) is 3.98. The van der Waals surface area contributed by atoms with Gasteiger partial charge in [0.25, 0.3) is 5.91 Å². The average Bonchev–Trinajstić information content (AvgIpc) is 3.14. The first-order chi connectivity index (χ1) is 12.6. The standard InChI is InChI=1S/C19H17ClN4O2/c1-2-16(12-7-9-13(25)10-8-12)21-24-19(26)18-11-17(22-23-18)14-5-3-4-6-15(14)20/h3-11,25H,2H2,1H3,(H,22,23)(H,24,26). The SMILES string of the molecule is CCC(=NNC(=O)c1cc(-c2ccccc2Cl)n[nH]1)c1ccc(O)cc1. The molecular formula is C19H17ClN4O2. The summed E-state index contributed by atoms with van der Waals surface area (Å²) >= 11 is 6.15. The number of carbonyl (C=O) groups is 1. The molecule has 0 radical (unpaired) electrons. The molecule has 0 saturated heterocycles. The Morgan fingerprint density at radius 3 is 2.65 bits per heavy atom. The number of H-pyrrole nitrogens is 1. The molecule has 0 aliphatic rings. The van der Waals surface area contributed by atoms with Gasteiger partial charge in [-0.15, -0.1) is 0 Å². The first-order valence-electron chi connectivity index (χ1n) is 8.05. The highest BCUT2D eigenvalue weighted by molar-refractivity contribution is 6.33. The Bertz CT molecular complexity index is 948. The van der Waals surface area contributed by atoms with E-state index >= 15 is 0 Å². The Morgan fingerprint density at radius 2 is 1.96 bits per heavy atom. The summed E-state index contributed by atoms with van der Waals surface area (Å²) in [6.07, 6.45) is 0.624. The van der Waals surface area contributed by atoms with Gasteiger partial charge in [-0.25, -0.2) is 5.43 Å². The Kier molecular flexibility index (Phi) is 5.34. The van der Waals surface area contributed by atoms with Gasteiger partial charge in [-0.05, 0) is 48.4 Å². The van der Waals surface area contributed by atoms with Crippen molar-refractivity contribution in [3.8, 4) is 17.0 Å². The summed E-state index contributed by atoms with van der Waals surface area (Å²) in [4.78, 5) is 12.3. The maximum absolute atomic E-state index is 12.3. The van der Waals surface area contributed by atoms with Crippen LogP contribution in [-0.2, 0) is 0 Å². The maximum Gasteiger partial charge on any atom is 0.289 e. The number of aromatic nitrogens is 2. The number of rotatable bonds is 5. The molecule has 0 aliphatic carbocycles. The van der Waals surface area contributed by atoms with Gasteiger partial charge in [-0.1, -0.05) is 36.7 Å². The summed E-state index contributed by atoms with van der Waals surface area (Å²) in [6, 6.07) is 15.5. The van der Waals surface area contributed by atoms with Crippen molar-refractivity contribution < 1.29 is 9.90 Å². The van der Waals surface area contributed by atoms with Crippen molar-refractivity contribution in [3.05, 3.63) is 70.9 Å². The molecule has 3 aromatic rings.